The van der Waals surface area contributed by atoms with Crippen LogP contribution < -0.4 is 5.32 Å². The second-order valence-corrected chi connectivity index (χ2v) is 2.87. The average Bonchev–Trinajstić information content (AvgIpc) is 1.85. The van der Waals surface area contributed by atoms with Gasteiger partial charge in [-0.15, -0.1) is 0 Å². The van der Waals surface area contributed by atoms with Crippen LogP contribution in [0, 0.1) is 0 Å². The fourth-order valence-corrected chi connectivity index (χ4v) is 1.06. The quantitative estimate of drug-likeness (QED) is 0.521. The zero-order valence-electron chi connectivity index (χ0n) is 6.29. The van der Waals surface area contributed by atoms with Gasteiger partial charge in [-0.25, -0.2) is 0 Å². The second-order valence-electron chi connectivity index (χ2n) is 2.87. The van der Waals surface area contributed by atoms with Crippen LogP contribution in [0.4, 0.5) is 0 Å². The number of carbonyl (C=O) groups is 1. The van der Waals surface area contributed by atoms with E-state index < -0.39 is 12.0 Å². The molecule has 0 heterocycles. The SMILES string of the molecule is O=C(O)C(CO)NC1CCC1. The van der Waals surface area contributed by atoms with E-state index in [-0.39, 0.29) is 6.61 Å². The molecule has 1 fully saturated rings. The van der Waals surface area contributed by atoms with Gasteiger partial charge < -0.3 is 10.2 Å². The molecule has 11 heavy (non-hydrogen) atoms. The van der Waals surface area contributed by atoms with Gasteiger partial charge in [0, 0.05) is 6.04 Å². The fourth-order valence-electron chi connectivity index (χ4n) is 1.06. The predicted molar refractivity (Wildman–Crippen MR) is 39.3 cm³/mol. The van der Waals surface area contributed by atoms with Gasteiger partial charge in [-0.3, -0.25) is 10.1 Å². The van der Waals surface area contributed by atoms with Crippen molar-refractivity contribution in [3.63, 3.8) is 0 Å². The van der Waals surface area contributed by atoms with E-state index in [2.05, 4.69) is 5.32 Å². The van der Waals surface area contributed by atoms with E-state index in [1.54, 1.807) is 0 Å². The molecule has 0 aromatic carbocycles. The highest BCUT2D eigenvalue weighted by Crippen LogP contribution is 2.18. The van der Waals surface area contributed by atoms with Gasteiger partial charge in [-0.1, -0.05) is 6.42 Å². The summed E-state index contributed by atoms with van der Waals surface area (Å²) >= 11 is 0. The van der Waals surface area contributed by atoms with Crippen LogP contribution in [0.2, 0.25) is 0 Å². The summed E-state index contributed by atoms with van der Waals surface area (Å²) in [4.78, 5) is 10.4. The highest BCUT2D eigenvalue weighted by molar-refractivity contribution is 5.73. The number of carboxylic acid groups (broad SMARTS) is 1. The van der Waals surface area contributed by atoms with Crippen LogP contribution in [0.25, 0.3) is 0 Å². The zero-order chi connectivity index (χ0) is 8.27. The Morgan fingerprint density at radius 1 is 1.64 bits per heavy atom. The largest absolute Gasteiger partial charge is 0.480 e. The lowest BCUT2D eigenvalue weighted by molar-refractivity contribution is -0.140. The Kier molecular flexibility index (Phi) is 2.84. The van der Waals surface area contributed by atoms with Gasteiger partial charge in [0.15, 0.2) is 0 Å². The topological polar surface area (TPSA) is 69.6 Å². The van der Waals surface area contributed by atoms with Crippen LogP contribution in [0.15, 0.2) is 0 Å². The molecule has 1 aliphatic rings. The maximum Gasteiger partial charge on any atom is 0.323 e. The van der Waals surface area contributed by atoms with Crippen LogP contribution >= 0.6 is 0 Å². The first kappa shape index (κ1) is 8.49. The average molecular weight is 159 g/mol. The summed E-state index contributed by atoms with van der Waals surface area (Å²) in [5.41, 5.74) is 0. The summed E-state index contributed by atoms with van der Waals surface area (Å²) in [6.07, 6.45) is 3.23. The molecule has 1 aliphatic carbocycles. The molecule has 0 spiro atoms. The van der Waals surface area contributed by atoms with Crippen molar-refractivity contribution in [1.29, 1.82) is 0 Å². The molecule has 0 aromatic heterocycles. The lowest BCUT2D eigenvalue weighted by atomic mass is 9.92. The van der Waals surface area contributed by atoms with Gasteiger partial charge in [0.2, 0.25) is 0 Å². The fraction of sp³-hybridized carbons (Fsp3) is 0.857. The molecule has 1 unspecified atom stereocenters. The minimum atomic E-state index is -0.973. The van der Waals surface area contributed by atoms with E-state index in [4.69, 9.17) is 10.2 Å². The third-order valence-corrected chi connectivity index (χ3v) is 2.02. The smallest absolute Gasteiger partial charge is 0.323 e. The molecule has 0 radical (unpaired) electrons. The monoisotopic (exact) mass is 159 g/mol. The summed E-state index contributed by atoms with van der Waals surface area (Å²) in [5.74, 6) is -0.973. The molecule has 1 saturated carbocycles. The Morgan fingerprint density at radius 3 is 2.55 bits per heavy atom. The van der Waals surface area contributed by atoms with E-state index >= 15 is 0 Å². The van der Waals surface area contributed by atoms with E-state index in [1.165, 1.54) is 0 Å². The Hall–Kier alpha value is -0.610. The third-order valence-electron chi connectivity index (χ3n) is 2.02. The molecule has 4 heteroatoms. The molecule has 0 amide bonds. The number of hydrogen-bond acceptors (Lipinski definition) is 3. The van der Waals surface area contributed by atoms with E-state index in [9.17, 15) is 4.79 Å². The minimum absolute atomic E-state index is 0.309. The van der Waals surface area contributed by atoms with Crippen molar-refractivity contribution >= 4 is 5.97 Å². The number of rotatable bonds is 4. The van der Waals surface area contributed by atoms with Gasteiger partial charge in [0.05, 0.1) is 6.61 Å². The lowest BCUT2D eigenvalue weighted by Crippen LogP contribution is -2.48. The van der Waals surface area contributed by atoms with Crippen molar-refractivity contribution in [3.8, 4) is 0 Å². The van der Waals surface area contributed by atoms with Gasteiger partial charge >= 0.3 is 5.97 Å². The second kappa shape index (κ2) is 3.69. The Balaban J connectivity index is 2.24. The highest BCUT2D eigenvalue weighted by Gasteiger charge is 2.24. The third kappa shape index (κ3) is 2.17. The molecule has 3 N–H and O–H groups in total. The molecule has 1 atom stereocenters. The molecular weight excluding hydrogens is 146 g/mol. The summed E-state index contributed by atoms with van der Waals surface area (Å²) in [6, 6.07) is -0.469. The van der Waals surface area contributed by atoms with Crippen molar-refractivity contribution in [2.45, 2.75) is 31.3 Å². The number of carboxylic acids is 1. The minimum Gasteiger partial charge on any atom is -0.480 e. The summed E-state index contributed by atoms with van der Waals surface area (Å²) in [5, 5.41) is 20.0. The van der Waals surface area contributed by atoms with E-state index in [0.717, 1.165) is 19.3 Å². The zero-order valence-corrected chi connectivity index (χ0v) is 6.29. The molecular formula is C7H13NO3. The number of aliphatic carboxylic acids is 1. The van der Waals surface area contributed by atoms with Crippen LogP contribution in [-0.2, 0) is 4.79 Å². The first-order valence-electron chi connectivity index (χ1n) is 3.83. The van der Waals surface area contributed by atoms with Crippen molar-refractivity contribution in [2.24, 2.45) is 0 Å². The maximum absolute atomic E-state index is 10.4. The highest BCUT2D eigenvalue weighted by atomic mass is 16.4. The van der Waals surface area contributed by atoms with Gasteiger partial charge in [-0.05, 0) is 12.8 Å². The van der Waals surface area contributed by atoms with Crippen LogP contribution in [0.5, 0.6) is 0 Å². The predicted octanol–water partition coefficient (Wildman–Crippen LogP) is -0.426. The Labute approximate surface area is 65.2 Å². The molecule has 4 nitrogen and oxygen atoms in total. The van der Waals surface area contributed by atoms with Gasteiger partial charge in [0.1, 0.15) is 6.04 Å². The number of aliphatic hydroxyl groups excluding tert-OH is 1. The number of aliphatic hydroxyl groups is 1. The van der Waals surface area contributed by atoms with Crippen LogP contribution in [0.3, 0.4) is 0 Å². The van der Waals surface area contributed by atoms with E-state index in [1.807, 2.05) is 0 Å². The van der Waals surface area contributed by atoms with Gasteiger partial charge in [-0.2, -0.15) is 0 Å². The van der Waals surface area contributed by atoms with Crippen LogP contribution in [0.1, 0.15) is 19.3 Å². The standard InChI is InChI=1S/C7H13NO3/c9-4-6(7(10)11)8-5-2-1-3-5/h5-6,8-9H,1-4H2,(H,10,11). The van der Waals surface area contributed by atoms with Crippen molar-refractivity contribution in [1.82, 2.24) is 5.32 Å². The first-order valence-corrected chi connectivity index (χ1v) is 3.83. The summed E-state index contributed by atoms with van der Waals surface area (Å²) in [6.45, 7) is -0.328. The molecule has 0 aromatic rings. The summed E-state index contributed by atoms with van der Waals surface area (Å²) < 4.78 is 0. The van der Waals surface area contributed by atoms with Gasteiger partial charge in [0.25, 0.3) is 0 Å². The normalized spacial score (nSPS) is 20.8. The van der Waals surface area contributed by atoms with Crippen molar-refractivity contribution in [3.05, 3.63) is 0 Å². The first-order chi connectivity index (χ1) is 5.24. The van der Waals surface area contributed by atoms with Crippen molar-refractivity contribution in [2.75, 3.05) is 6.61 Å². The molecule has 0 saturated heterocycles. The summed E-state index contributed by atoms with van der Waals surface area (Å²) in [7, 11) is 0. The molecule has 0 aliphatic heterocycles. The lowest BCUT2D eigenvalue weighted by Gasteiger charge is -2.28. The van der Waals surface area contributed by atoms with E-state index in [0.29, 0.717) is 6.04 Å². The Bertz CT molecular complexity index is 145. The maximum atomic E-state index is 10.4. The molecule has 1 rings (SSSR count). The molecule has 64 valence electrons. The molecule has 0 bridgehead atoms. The number of nitrogens with one attached hydrogen (secondary N) is 1. The Morgan fingerprint density at radius 2 is 2.27 bits per heavy atom. The number of hydrogen-bond donors (Lipinski definition) is 3. The van der Waals surface area contributed by atoms with Crippen LogP contribution in [-0.4, -0.2) is 34.9 Å². The van der Waals surface area contributed by atoms with Crippen molar-refractivity contribution < 1.29 is 15.0 Å².